The Hall–Kier alpha value is -4.40. The van der Waals surface area contributed by atoms with Crippen LogP contribution in [0.15, 0.2) is 79.0 Å². The Bertz CT molecular complexity index is 1660. The average molecular weight is 601 g/mol. The molecule has 0 spiro atoms. The molecule has 2 amide bonds. The fraction of sp³-hybridized carbons (Fsp3) is 0.343. The number of benzene rings is 3. The maximum absolute atomic E-state index is 14.2. The van der Waals surface area contributed by atoms with Gasteiger partial charge in [0.15, 0.2) is 0 Å². The van der Waals surface area contributed by atoms with Gasteiger partial charge in [0.25, 0.3) is 5.91 Å². The number of carbonyl (C=O) groups excluding carboxylic acids is 2. The summed E-state index contributed by atoms with van der Waals surface area (Å²) in [6, 6.07) is 20.7. The van der Waals surface area contributed by atoms with Crippen molar-refractivity contribution in [1.82, 2.24) is 9.88 Å². The summed E-state index contributed by atoms with van der Waals surface area (Å²) in [7, 11) is 0. The van der Waals surface area contributed by atoms with Crippen LogP contribution in [0.5, 0.6) is 0 Å². The zero-order chi connectivity index (χ0) is 30.8. The summed E-state index contributed by atoms with van der Waals surface area (Å²) in [5, 5.41) is 7.15. The third-order valence-corrected chi connectivity index (χ3v) is 8.88. The molecule has 3 aromatic carbocycles. The van der Waals surface area contributed by atoms with Crippen LogP contribution in [-0.2, 0) is 11.0 Å². The van der Waals surface area contributed by atoms with Crippen molar-refractivity contribution >= 4 is 34.1 Å². The van der Waals surface area contributed by atoms with Crippen molar-refractivity contribution in [2.75, 3.05) is 17.2 Å². The molecule has 2 atom stereocenters. The number of fused-ring (bicyclic) bond motifs is 1. The van der Waals surface area contributed by atoms with Gasteiger partial charge in [-0.2, -0.15) is 13.2 Å². The summed E-state index contributed by atoms with van der Waals surface area (Å²) in [6.07, 6.45) is 2.83. The van der Waals surface area contributed by atoms with E-state index in [-0.39, 0.29) is 17.2 Å². The molecule has 0 unspecified atom stereocenters. The third-order valence-electron chi connectivity index (χ3n) is 8.88. The normalized spacial score (nSPS) is 19.2. The molecule has 2 fully saturated rings. The summed E-state index contributed by atoms with van der Waals surface area (Å²) < 4.78 is 40.8. The van der Waals surface area contributed by atoms with Gasteiger partial charge in [0.05, 0.1) is 28.6 Å². The number of anilines is 2. The number of pyridine rings is 1. The van der Waals surface area contributed by atoms with Crippen LogP contribution in [0.4, 0.5) is 24.5 Å². The molecule has 44 heavy (non-hydrogen) atoms. The number of halogens is 3. The van der Waals surface area contributed by atoms with Crippen LogP contribution < -0.4 is 10.6 Å². The molecule has 1 aliphatic carbocycles. The molecule has 1 saturated carbocycles. The number of hydrogen-bond acceptors (Lipinski definition) is 4. The number of nitrogens with one attached hydrogen (secondary N) is 2. The Kier molecular flexibility index (Phi) is 8.29. The van der Waals surface area contributed by atoms with Crippen LogP contribution in [0.2, 0.25) is 0 Å². The van der Waals surface area contributed by atoms with E-state index in [0.717, 1.165) is 35.5 Å². The van der Waals surface area contributed by atoms with Crippen LogP contribution >= 0.6 is 0 Å². The molecule has 2 N–H and O–H groups in total. The first-order chi connectivity index (χ1) is 21.2. The summed E-state index contributed by atoms with van der Waals surface area (Å²) in [4.78, 5) is 34.3. The van der Waals surface area contributed by atoms with Gasteiger partial charge in [0, 0.05) is 35.5 Å². The molecule has 9 heteroatoms. The van der Waals surface area contributed by atoms with Gasteiger partial charge in [-0.1, -0.05) is 49.2 Å². The van der Waals surface area contributed by atoms with E-state index in [2.05, 4.69) is 15.6 Å². The van der Waals surface area contributed by atoms with E-state index in [1.807, 2.05) is 48.5 Å². The van der Waals surface area contributed by atoms with Crippen LogP contribution in [0.1, 0.15) is 71.6 Å². The zero-order valence-electron chi connectivity index (χ0n) is 24.5. The second kappa shape index (κ2) is 12.3. The molecule has 4 aromatic rings. The first-order valence-electron chi connectivity index (χ1n) is 15.2. The highest BCUT2D eigenvalue weighted by atomic mass is 19.4. The van der Waals surface area contributed by atoms with Crippen molar-refractivity contribution in [3.05, 3.63) is 101 Å². The van der Waals surface area contributed by atoms with Gasteiger partial charge < -0.3 is 15.5 Å². The lowest BCUT2D eigenvalue weighted by atomic mass is 9.83. The van der Waals surface area contributed by atoms with E-state index in [1.165, 1.54) is 31.9 Å². The number of hydrogen-bond donors (Lipinski definition) is 2. The summed E-state index contributed by atoms with van der Waals surface area (Å²) in [5.41, 5.74) is 2.17. The molecule has 2 aliphatic rings. The molecule has 1 aliphatic heterocycles. The molecule has 228 valence electrons. The minimum absolute atomic E-state index is 0.0736. The van der Waals surface area contributed by atoms with E-state index in [1.54, 1.807) is 17.2 Å². The van der Waals surface area contributed by atoms with Gasteiger partial charge in [-0.25, -0.2) is 0 Å². The SMILES string of the molecule is Cc1ccc(NC(=O)[C@H]2CCCN(C(=O)c3cccc4cccnc34)[C@H]2c2ccc(NC3CCCC3)cc2)cc1C(F)(F)F. The molecule has 2 heterocycles. The van der Waals surface area contributed by atoms with Crippen LogP contribution in [0, 0.1) is 12.8 Å². The first kappa shape index (κ1) is 29.7. The lowest BCUT2D eigenvalue weighted by Gasteiger charge is -2.41. The van der Waals surface area contributed by atoms with E-state index >= 15 is 0 Å². The third kappa shape index (κ3) is 6.14. The second-order valence-corrected chi connectivity index (χ2v) is 11.8. The second-order valence-electron chi connectivity index (χ2n) is 11.8. The number of aryl methyl sites for hydroxylation is 1. The van der Waals surface area contributed by atoms with Gasteiger partial charge in [-0.15, -0.1) is 0 Å². The first-order valence-corrected chi connectivity index (χ1v) is 15.2. The highest BCUT2D eigenvalue weighted by Gasteiger charge is 2.40. The molecular formula is C35H35F3N4O2. The number of piperidine rings is 1. The molecule has 6 rings (SSSR count). The van der Waals surface area contributed by atoms with Crippen LogP contribution in [0.25, 0.3) is 10.9 Å². The molecular weight excluding hydrogens is 565 g/mol. The Morgan fingerprint density at radius 1 is 0.886 bits per heavy atom. The van der Waals surface area contributed by atoms with E-state index < -0.39 is 29.6 Å². The Labute approximate surface area is 254 Å². The van der Waals surface area contributed by atoms with Crippen molar-refractivity contribution < 1.29 is 22.8 Å². The maximum Gasteiger partial charge on any atom is 0.416 e. The highest BCUT2D eigenvalue weighted by Crippen LogP contribution is 2.40. The number of likely N-dealkylation sites (tertiary alicyclic amines) is 1. The topological polar surface area (TPSA) is 74.3 Å². The standard InChI is InChI=1S/C35H35F3N4O2/c1-22-13-16-27(21-30(22)35(36,37)38)41-33(43)29-12-6-20-42(34(44)28-11-4-7-23-8-5-19-39-31(23)28)32(29)24-14-17-26(18-15-24)40-25-9-2-3-10-25/h4-5,7-8,11,13-19,21,25,29,32,40H,2-3,6,9-10,12,20H2,1H3,(H,41,43)/t29-,32-/m0/s1. The predicted molar refractivity (Wildman–Crippen MR) is 165 cm³/mol. The number of aromatic nitrogens is 1. The van der Waals surface area contributed by atoms with Crippen molar-refractivity contribution in [3.8, 4) is 0 Å². The van der Waals surface area contributed by atoms with Crippen molar-refractivity contribution in [3.63, 3.8) is 0 Å². The lowest BCUT2D eigenvalue weighted by molar-refractivity contribution is -0.138. The summed E-state index contributed by atoms with van der Waals surface area (Å²) >= 11 is 0. The average Bonchev–Trinajstić information content (AvgIpc) is 3.54. The van der Waals surface area contributed by atoms with Crippen LogP contribution in [0.3, 0.4) is 0 Å². The highest BCUT2D eigenvalue weighted by molar-refractivity contribution is 6.06. The smallest absolute Gasteiger partial charge is 0.382 e. The van der Waals surface area contributed by atoms with Gasteiger partial charge >= 0.3 is 6.18 Å². The Balaban J connectivity index is 1.34. The van der Waals surface area contributed by atoms with Gasteiger partial charge in [0.2, 0.25) is 5.91 Å². The lowest BCUT2D eigenvalue weighted by Crippen LogP contribution is -2.46. The molecule has 0 radical (unpaired) electrons. The van der Waals surface area contributed by atoms with Gasteiger partial charge in [-0.05, 0) is 80.1 Å². The van der Waals surface area contributed by atoms with Gasteiger partial charge in [-0.3, -0.25) is 14.6 Å². The monoisotopic (exact) mass is 600 g/mol. The van der Waals surface area contributed by atoms with Crippen molar-refractivity contribution in [2.24, 2.45) is 5.92 Å². The number of rotatable bonds is 6. The van der Waals surface area contributed by atoms with E-state index in [0.29, 0.717) is 36.5 Å². The molecule has 0 bridgehead atoms. The number of amides is 2. The quantitative estimate of drug-likeness (QED) is 0.234. The number of para-hydroxylation sites is 1. The minimum Gasteiger partial charge on any atom is -0.382 e. The number of carbonyl (C=O) groups is 2. The zero-order valence-corrected chi connectivity index (χ0v) is 24.5. The van der Waals surface area contributed by atoms with Crippen molar-refractivity contribution in [2.45, 2.75) is 63.7 Å². The molecule has 1 aromatic heterocycles. The largest absolute Gasteiger partial charge is 0.416 e. The number of alkyl halides is 3. The van der Waals surface area contributed by atoms with E-state index in [4.69, 9.17) is 0 Å². The Morgan fingerprint density at radius 3 is 2.36 bits per heavy atom. The predicted octanol–water partition coefficient (Wildman–Crippen LogP) is 8.15. The fourth-order valence-corrected chi connectivity index (χ4v) is 6.66. The van der Waals surface area contributed by atoms with Crippen molar-refractivity contribution in [1.29, 1.82) is 0 Å². The molecule has 1 saturated heterocycles. The van der Waals surface area contributed by atoms with Crippen LogP contribution in [-0.4, -0.2) is 34.3 Å². The summed E-state index contributed by atoms with van der Waals surface area (Å²) in [6.45, 7) is 1.82. The molecule has 6 nitrogen and oxygen atoms in total. The minimum atomic E-state index is -4.54. The van der Waals surface area contributed by atoms with Gasteiger partial charge in [0.1, 0.15) is 0 Å². The fourth-order valence-electron chi connectivity index (χ4n) is 6.66. The summed E-state index contributed by atoms with van der Waals surface area (Å²) in [5.74, 6) is -1.34. The maximum atomic E-state index is 14.2. The Morgan fingerprint density at radius 2 is 1.61 bits per heavy atom. The number of nitrogens with zero attached hydrogens (tertiary/aromatic N) is 2. The van der Waals surface area contributed by atoms with E-state index in [9.17, 15) is 22.8 Å².